The molecule has 0 saturated carbocycles. The quantitative estimate of drug-likeness (QED) is 0.662. The third kappa shape index (κ3) is 3.41. The summed E-state index contributed by atoms with van der Waals surface area (Å²) in [6.07, 6.45) is 2.47. The van der Waals surface area contributed by atoms with Gasteiger partial charge in [0.2, 0.25) is 5.88 Å². The fourth-order valence-corrected chi connectivity index (χ4v) is 3.10. The van der Waals surface area contributed by atoms with Crippen LogP contribution in [0.25, 0.3) is 0 Å². The highest BCUT2D eigenvalue weighted by Gasteiger charge is 2.22. The lowest BCUT2D eigenvalue weighted by molar-refractivity contribution is 0.102. The van der Waals surface area contributed by atoms with Gasteiger partial charge in [0.05, 0.1) is 0 Å². The molecule has 27 heavy (non-hydrogen) atoms. The lowest BCUT2D eigenvalue weighted by Crippen LogP contribution is -2.25. The Morgan fingerprint density at radius 1 is 1.22 bits per heavy atom. The minimum absolute atomic E-state index is 0.282. The summed E-state index contributed by atoms with van der Waals surface area (Å²) in [5.74, 6) is 0.780. The SMILES string of the molecule is Cc1cccc(Oc2ncccc2NC(=O)c2n[nH]c3c2CNCC3)c1C. The van der Waals surface area contributed by atoms with Gasteiger partial charge in [-0.3, -0.25) is 9.89 Å². The number of aromatic amines is 1. The van der Waals surface area contributed by atoms with Crippen molar-refractivity contribution in [1.82, 2.24) is 20.5 Å². The Balaban J connectivity index is 1.59. The van der Waals surface area contributed by atoms with Crippen LogP contribution in [0.5, 0.6) is 11.6 Å². The molecule has 3 N–H and O–H groups in total. The molecule has 1 aliphatic heterocycles. The molecule has 1 amide bonds. The summed E-state index contributed by atoms with van der Waals surface area (Å²) in [5, 5.41) is 13.3. The van der Waals surface area contributed by atoms with Crippen LogP contribution in [0.3, 0.4) is 0 Å². The number of aromatic nitrogens is 3. The van der Waals surface area contributed by atoms with Crippen molar-refractivity contribution in [1.29, 1.82) is 0 Å². The largest absolute Gasteiger partial charge is 0.437 e. The molecule has 2 aromatic heterocycles. The highest BCUT2D eigenvalue weighted by atomic mass is 16.5. The molecule has 0 atom stereocenters. The van der Waals surface area contributed by atoms with E-state index in [1.54, 1.807) is 18.3 Å². The third-order valence-corrected chi connectivity index (χ3v) is 4.80. The van der Waals surface area contributed by atoms with E-state index in [-0.39, 0.29) is 5.91 Å². The molecule has 3 heterocycles. The average molecular weight is 363 g/mol. The maximum Gasteiger partial charge on any atom is 0.276 e. The Morgan fingerprint density at radius 3 is 3.00 bits per heavy atom. The lowest BCUT2D eigenvalue weighted by Gasteiger charge is -2.14. The van der Waals surface area contributed by atoms with Crippen LogP contribution in [0.4, 0.5) is 5.69 Å². The molecule has 0 radical (unpaired) electrons. The van der Waals surface area contributed by atoms with Gasteiger partial charge >= 0.3 is 0 Å². The number of anilines is 1. The number of carbonyl (C=O) groups is 1. The highest BCUT2D eigenvalue weighted by molar-refractivity contribution is 6.04. The summed E-state index contributed by atoms with van der Waals surface area (Å²) in [7, 11) is 0. The second-order valence-corrected chi connectivity index (χ2v) is 6.57. The number of fused-ring (bicyclic) bond motifs is 1. The van der Waals surface area contributed by atoms with Crippen LogP contribution in [0.1, 0.15) is 32.9 Å². The van der Waals surface area contributed by atoms with Crippen LogP contribution in [0.15, 0.2) is 36.5 Å². The summed E-state index contributed by atoms with van der Waals surface area (Å²) in [6, 6.07) is 9.37. The predicted molar refractivity (Wildman–Crippen MR) is 102 cm³/mol. The fourth-order valence-electron chi connectivity index (χ4n) is 3.10. The average Bonchev–Trinajstić information content (AvgIpc) is 3.11. The van der Waals surface area contributed by atoms with E-state index in [0.29, 0.717) is 29.6 Å². The van der Waals surface area contributed by atoms with Crippen molar-refractivity contribution < 1.29 is 9.53 Å². The van der Waals surface area contributed by atoms with E-state index in [2.05, 4.69) is 25.8 Å². The van der Waals surface area contributed by atoms with E-state index in [0.717, 1.165) is 35.3 Å². The monoisotopic (exact) mass is 363 g/mol. The van der Waals surface area contributed by atoms with Gasteiger partial charge in [-0.25, -0.2) is 4.98 Å². The number of hydrogen-bond donors (Lipinski definition) is 3. The third-order valence-electron chi connectivity index (χ3n) is 4.80. The van der Waals surface area contributed by atoms with Crippen LogP contribution in [0.2, 0.25) is 0 Å². The van der Waals surface area contributed by atoms with Gasteiger partial charge in [-0.15, -0.1) is 0 Å². The van der Waals surface area contributed by atoms with Crippen molar-refractivity contribution in [2.24, 2.45) is 0 Å². The molecule has 0 spiro atoms. The summed E-state index contributed by atoms with van der Waals surface area (Å²) in [4.78, 5) is 17.1. The number of amides is 1. The van der Waals surface area contributed by atoms with Gasteiger partial charge in [0.25, 0.3) is 5.91 Å². The van der Waals surface area contributed by atoms with Crippen LogP contribution in [0, 0.1) is 13.8 Å². The number of nitrogens with one attached hydrogen (secondary N) is 3. The van der Waals surface area contributed by atoms with Crippen molar-refractivity contribution in [3.63, 3.8) is 0 Å². The van der Waals surface area contributed by atoms with Crippen molar-refractivity contribution in [3.05, 3.63) is 64.6 Å². The molecule has 0 saturated heterocycles. The maximum absolute atomic E-state index is 12.8. The molecule has 0 unspecified atom stereocenters. The number of nitrogens with zero attached hydrogens (tertiary/aromatic N) is 2. The highest BCUT2D eigenvalue weighted by Crippen LogP contribution is 2.30. The zero-order chi connectivity index (χ0) is 18.8. The normalized spacial score (nSPS) is 13.1. The van der Waals surface area contributed by atoms with Crippen molar-refractivity contribution in [2.45, 2.75) is 26.8 Å². The molecular weight excluding hydrogens is 342 g/mol. The summed E-state index contributed by atoms with van der Waals surface area (Å²) in [5.41, 5.74) is 5.00. The van der Waals surface area contributed by atoms with Gasteiger partial charge in [-0.1, -0.05) is 12.1 Å². The molecule has 7 heteroatoms. The lowest BCUT2D eigenvalue weighted by atomic mass is 10.1. The van der Waals surface area contributed by atoms with Crippen LogP contribution in [-0.2, 0) is 13.0 Å². The van der Waals surface area contributed by atoms with E-state index in [1.165, 1.54) is 0 Å². The van der Waals surface area contributed by atoms with Gasteiger partial charge < -0.3 is 15.4 Å². The van der Waals surface area contributed by atoms with E-state index in [9.17, 15) is 4.79 Å². The molecule has 138 valence electrons. The second-order valence-electron chi connectivity index (χ2n) is 6.57. The number of aryl methyl sites for hydroxylation is 1. The van der Waals surface area contributed by atoms with Crippen molar-refractivity contribution in [3.8, 4) is 11.6 Å². The summed E-state index contributed by atoms with van der Waals surface area (Å²) >= 11 is 0. The van der Waals surface area contributed by atoms with E-state index < -0.39 is 0 Å². The number of ether oxygens (including phenoxy) is 1. The Hall–Kier alpha value is -3.19. The number of rotatable bonds is 4. The zero-order valence-electron chi connectivity index (χ0n) is 15.3. The van der Waals surface area contributed by atoms with Crippen molar-refractivity contribution in [2.75, 3.05) is 11.9 Å². The number of carbonyl (C=O) groups excluding carboxylic acids is 1. The zero-order valence-corrected chi connectivity index (χ0v) is 15.3. The van der Waals surface area contributed by atoms with Gasteiger partial charge in [0.1, 0.15) is 11.4 Å². The molecule has 0 fully saturated rings. The van der Waals surface area contributed by atoms with E-state index >= 15 is 0 Å². The maximum atomic E-state index is 12.8. The molecular formula is C20H21N5O2. The van der Waals surface area contributed by atoms with Gasteiger partial charge in [0.15, 0.2) is 5.69 Å². The van der Waals surface area contributed by atoms with Crippen LogP contribution in [-0.4, -0.2) is 27.6 Å². The molecule has 3 aromatic rings. The Bertz CT molecular complexity index is 996. The summed E-state index contributed by atoms with van der Waals surface area (Å²) < 4.78 is 5.99. The van der Waals surface area contributed by atoms with Gasteiger partial charge in [-0.05, 0) is 43.2 Å². The number of hydrogen-bond acceptors (Lipinski definition) is 5. The molecule has 4 rings (SSSR count). The molecule has 0 aliphatic carbocycles. The molecule has 0 bridgehead atoms. The first-order chi connectivity index (χ1) is 13.1. The Morgan fingerprint density at radius 2 is 2.11 bits per heavy atom. The van der Waals surface area contributed by atoms with Crippen LogP contribution < -0.4 is 15.4 Å². The van der Waals surface area contributed by atoms with Crippen molar-refractivity contribution >= 4 is 11.6 Å². The minimum atomic E-state index is -0.282. The van der Waals surface area contributed by atoms with Gasteiger partial charge in [-0.2, -0.15) is 5.10 Å². The molecule has 1 aliphatic rings. The van der Waals surface area contributed by atoms with Crippen LogP contribution >= 0.6 is 0 Å². The predicted octanol–water partition coefficient (Wildman–Crippen LogP) is 3.11. The molecule has 1 aromatic carbocycles. The Labute approximate surface area is 157 Å². The second kappa shape index (κ2) is 7.20. The van der Waals surface area contributed by atoms with Gasteiger partial charge in [0, 0.05) is 37.0 Å². The van der Waals surface area contributed by atoms with E-state index in [4.69, 9.17) is 4.74 Å². The first-order valence-corrected chi connectivity index (χ1v) is 8.90. The minimum Gasteiger partial charge on any atom is -0.437 e. The first-order valence-electron chi connectivity index (χ1n) is 8.90. The number of H-pyrrole nitrogens is 1. The van der Waals surface area contributed by atoms with E-state index in [1.807, 2.05) is 32.0 Å². The Kier molecular flexibility index (Phi) is 4.60. The number of benzene rings is 1. The standard InChI is InChI=1S/C20H21N5O2/c1-12-5-3-7-17(13(12)2)27-20-16(6-4-9-22-20)23-19(26)18-14-11-21-10-8-15(14)24-25-18/h3-7,9,21H,8,10-11H2,1-2H3,(H,23,26)(H,24,25). The first kappa shape index (κ1) is 17.2. The smallest absolute Gasteiger partial charge is 0.276 e. The topological polar surface area (TPSA) is 91.9 Å². The molecule has 7 nitrogen and oxygen atoms in total. The number of pyridine rings is 1. The summed E-state index contributed by atoms with van der Waals surface area (Å²) in [6.45, 7) is 5.53. The fraction of sp³-hybridized carbons (Fsp3) is 0.250.